The van der Waals surface area contributed by atoms with E-state index in [9.17, 15) is 0 Å². The second-order valence-electron chi connectivity index (χ2n) is 22.3. The summed E-state index contributed by atoms with van der Waals surface area (Å²) in [5.74, 6) is 0. The summed E-state index contributed by atoms with van der Waals surface area (Å²) in [5, 5.41) is 0. The van der Waals surface area contributed by atoms with E-state index in [1.165, 1.54) is 55.6 Å². The second kappa shape index (κ2) is 17.6. The highest BCUT2D eigenvalue weighted by atomic mass is 35.5. The first kappa shape index (κ1) is 49.3. The van der Waals surface area contributed by atoms with E-state index >= 15 is 0 Å². The van der Waals surface area contributed by atoms with Crippen LogP contribution < -0.4 is 34.8 Å². The van der Waals surface area contributed by atoms with E-state index in [2.05, 4.69) is 221 Å². The highest BCUT2D eigenvalue weighted by molar-refractivity contribution is 5.95. The summed E-state index contributed by atoms with van der Waals surface area (Å²) in [6, 6.07) is 23.7. The molecule has 0 fully saturated rings. The largest absolute Gasteiger partial charge is 1.00 e. The number of rotatable bonds is 4. The highest BCUT2D eigenvalue weighted by Crippen LogP contribution is 2.40. The smallest absolute Gasteiger partial charge is 0.214 e. The van der Waals surface area contributed by atoms with E-state index in [1.807, 2.05) is 0 Å². The minimum Gasteiger partial charge on any atom is -1.00 e. The van der Waals surface area contributed by atoms with Gasteiger partial charge in [-0.3, -0.25) is 0 Å². The zero-order valence-electron chi connectivity index (χ0n) is 41.8. The Balaban J connectivity index is 0.00000350. The lowest BCUT2D eigenvalue weighted by atomic mass is 9.79. The van der Waals surface area contributed by atoms with E-state index in [0.29, 0.717) is 0 Å². The molecule has 4 aromatic heterocycles. The Hall–Kier alpha value is -5.10. The van der Waals surface area contributed by atoms with Gasteiger partial charge in [0, 0.05) is 47.5 Å². The van der Waals surface area contributed by atoms with Crippen molar-refractivity contribution in [3.05, 3.63) is 128 Å². The zero-order valence-corrected chi connectivity index (χ0v) is 43.3. The quantitative estimate of drug-likeness (QED) is 0.158. The number of hydrogen-bond donors (Lipinski definition) is 3. The fraction of sp³-hybridized carbons (Fsp3) is 0.379. The summed E-state index contributed by atoms with van der Waals surface area (Å²) < 4.78 is 0. The molecule has 5 N–H and O–H groups in total. The average molecular weight is 909 g/mol. The molecular formula is C58H71Cl2N5. The molecule has 0 saturated heterocycles. The number of nitrogens with one attached hydrogen (secondary N) is 5. The molecule has 0 atom stereocenters. The van der Waals surface area contributed by atoms with Crippen LogP contribution in [-0.2, 0) is 34.5 Å². The van der Waals surface area contributed by atoms with E-state index in [0.717, 1.165) is 79.8 Å². The Bertz CT molecular complexity index is 2810. The van der Waals surface area contributed by atoms with Gasteiger partial charge in [0.05, 0.1) is 33.2 Å². The second-order valence-corrected chi connectivity index (χ2v) is 22.3. The molecule has 6 heterocycles. The fourth-order valence-electron chi connectivity index (χ4n) is 9.44. The summed E-state index contributed by atoms with van der Waals surface area (Å²) in [4.78, 5) is 19.7. The van der Waals surface area contributed by atoms with Crippen LogP contribution in [0.1, 0.15) is 164 Å². The van der Waals surface area contributed by atoms with Crippen LogP contribution in [0.3, 0.4) is 0 Å². The van der Waals surface area contributed by atoms with Crippen molar-refractivity contribution in [3.63, 3.8) is 0 Å². The Morgan fingerprint density at radius 1 is 0.415 bits per heavy atom. The van der Waals surface area contributed by atoms with Gasteiger partial charge in [0.2, 0.25) is 22.8 Å². The van der Waals surface area contributed by atoms with Crippen LogP contribution in [0.5, 0.6) is 0 Å². The van der Waals surface area contributed by atoms with Crippen LogP contribution >= 0.6 is 0 Å². The number of halogens is 2. The predicted molar refractivity (Wildman–Crippen MR) is 271 cm³/mol. The molecule has 0 saturated carbocycles. The van der Waals surface area contributed by atoms with Crippen molar-refractivity contribution in [2.45, 2.75) is 145 Å². The maximum Gasteiger partial charge on any atom is 0.214 e. The Morgan fingerprint density at radius 2 is 0.738 bits per heavy atom. The van der Waals surface area contributed by atoms with Gasteiger partial charge >= 0.3 is 0 Å². The third-order valence-corrected chi connectivity index (χ3v) is 13.5. The lowest BCUT2D eigenvalue weighted by molar-refractivity contribution is -0.379. The van der Waals surface area contributed by atoms with Crippen LogP contribution in [0.4, 0.5) is 0 Å². The molecule has 2 aromatic carbocycles. The van der Waals surface area contributed by atoms with Crippen molar-refractivity contribution >= 4 is 57.4 Å². The van der Waals surface area contributed by atoms with Crippen LogP contribution in [0.15, 0.2) is 60.7 Å². The third-order valence-electron chi connectivity index (χ3n) is 13.5. The summed E-state index contributed by atoms with van der Waals surface area (Å²) in [6.07, 6.45) is 10.8. The van der Waals surface area contributed by atoms with Crippen LogP contribution in [-0.4, -0.2) is 15.0 Å². The van der Waals surface area contributed by atoms with Gasteiger partial charge in [0.15, 0.2) is 0 Å². The molecule has 65 heavy (non-hydrogen) atoms. The van der Waals surface area contributed by atoms with Crippen LogP contribution in [0.2, 0.25) is 0 Å². The van der Waals surface area contributed by atoms with Gasteiger partial charge < -0.3 is 39.8 Å². The minimum absolute atomic E-state index is 0. The number of aromatic amines is 5. The molecule has 0 radical (unpaired) electrons. The molecule has 342 valence electrons. The summed E-state index contributed by atoms with van der Waals surface area (Å²) in [5.41, 5.74) is 26.1. The normalized spacial score (nSPS) is 13.0. The van der Waals surface area contributed by atoms with E-state index < -0.39 is 0 Å². The van der Waals surface area contributed by atoms with Gasteiger partial charge in [-0.2, -0.15) is 0 Å². The van der Waals surface area contributed by atoms with Gasteiger partial charge in [-0.05, 0) is 116 Å². The molecule has 0 spiro atoms. The van der Waals surface area contributed by atoms with E-state index in [1.54, 1.807) is 0 Å². The number of aromatic nitrogens is 5. The summed E-state index contributed by atoms with van der Waals surface area (Å²) in [7, 11) is 0. The zero-order chi connectivity index (χ0) is 45.6. The SMILES string of the molecule is CCc1c(C)c2[nH]c1cc1[nH+]c(c(-c3cc(C(C)(C)C)cc(C(C)(C)C)c3)c3ccc([nH]3)c(-c3cc(C(C)(C)C)cc(C(C)(C)C)c3)c3[nH+]c(cc4[nH]c2c(C)c4CC)C=C3)C=C1.[Cl-].[Cl-]. The van der Waals surface area contributed by atoms with Crippen molar-refractivity contribution in [1.29, 1.82) is 0 Å². The standard InChI is InChI=1S/C58H69N5.2ClH/c1-17-43-33(3)53-54-34(4)44(18-2)50(63-54)32-42-20-22-46(60-42)52(36-27-39(57(11,12)13)30-40(28-36)58(14,15)16)48-24-23-47(61-48)51(45-21-19-41(59-45)31-49(43)62-53)35-25-37(55(5,6)7)29-38(26-35)56(8,9)10;;/h19-32,61-63H,17-18H2,1-16H3;2*1H. The van der Waals surface area contributed by atoms with Crippen LogP contribution in [0.25, 0.3) is 79.7 Å². The van der Waals surface area contributed by atoms with E-state index in [-0.39, 0.29) is 46.5 Å². The van der Waals surface area contributed by atoms with Crippen molar-refractivity contribution in [3.8, 4) is 22.3 Å². The molecule has 5 nitrogen and oxygen atoms in total. The molecule has 8 rings (SSSR count). The minimum atomic E-state index is -0.0394. The first-order valence-electron chi connectivity index (χ1n) is 23.2. The number of aryl methyl sites for hydroxylation is 4. The van der Waals surface area contributed by atoms with Gasteiger partial charge in [0.1, 0.15) is 0 Å². The van der Waals surface area contributed by atoms with Crippen molar-refractivity contribution in [2.75, 3.05) is 0 Å². The Labute approximate surface area is 400 Å². The number of fused-ring (bicyclic) bond motifs is 11. The van der Waals surface area contributed by atoms with Crippen LogP contribution in [0, 0.1) is 13.8 Å². The molecule has 6 aromatic rings. The molecule has 2 aliphatic heterocycles. The van der Waals surface area contributed by atoms with E-state index in [4.69, 9.17) is 0 Å². The number of H-pyrrole nitrogens is 5. The monoisotopic (exact) mass is 908 g/mol. The maximum absolute atomic E-state index is 4.06. The first-order valence-corrected chi connectivity index (χ1v) is 23.2. The van der Waals surface area contributed by atoms with Gasteiger partial charge in [-0.25, -0.2) is 9.97 Å². The van der Waals surface area contributed by atoms with Gasteiger partial charge in [-0.15, -0.1) is 0 Å². The molecular weight excluding hydrogens is 838 g/mol. The molecule has 0 unspecified atom stereocenters. The van der Waals surface area contributed by atoms with Gasteiger partial charge in [0.25, 0.3) is 0 Å². The lowest BCUT2D eigenvalue weighted by Gasteiger charge is -2.26. The maximum atomic E-state index is 4.06. The van der Waals surface area contributed by atoms with Crippen molar-refractivity contribution < 1.29 is 34.8 Å². The van der Waals surface area contributed by atoms with Crippen molar-refractivity contribution in [1.82, 2.24) is 15.0 Å². The topological polar surface area (TPSA) is 75.7 Å². The molecule has 7 heteroatoms. The lowest BCUT2D eigenvalue weighted by Crippen LogP contribution is -3.00. The summed E-state index contributed by atoms with van der Waals surface area (Å²) >= 11 is 0. The van der Waals surface area contributed by atoms with Gasteiger partial charge in [-0.1, -0.05) is 133 Å². The molecule has 0 amide bonds. The van der Waals surface area contributed by atoms with Crippen molar-refractivity contribution in [2.24, 2.45) is 0 Å². The molecule has 0 aliphatic carbocycles. The fourth-order valence-corrected chi connectivity index (χ4v) is 9.44. The Morgan fingerprint density at radius 3 is 1.03 bits per heavy atom. The first-order chi connectivity index (χ1) is 29.4. The third kappa shape index (κ3) is 9.47. The predicted octanol–water partition coefficient (Wildman–Crippen LogP) is 8.81. The summed E-state index contributed by atoms with van der Waals surface area (Å²) in [6.45, 7) is 36.9. The molecule has 10 bridgehead atoms. The highest BCUT2D eigenvalue weighted by Gasteiger charge is 2.27. The number of benzene rings is 2. The Kier molecular flexibility index (Phi) is 13.4. The average Bonchev–Trinajstić information content (AvgIpc) is 4.04. The number of hydrogen-bond acceptors (Lipinski definition) is 0. The molecule has 2 aliphatic rings.